The normalized spacial score (nSPS) is 13.4. The van der Waals surface area contributed by atoms with Gasteiger partial charge < -0.3 is 25.3 Å². The van der Waals surface area contributed by atoms with Crippen LogP contribution in [0.1, 0.15) is 51.7 Å². The number of aliphatic hydroxyl groups is 3. The zero-order valence-corrected chi connectivity index (χ0v) is 33.9. The summed E-state index contributed by atoms with van der Waals surface area (Å²) in [6.07, 6.45) is -3.82. The van der Waals surface area contributed by atoms with Gasteiger partial charge in [-0.1, -0.05) is 164 Å². The van der Waals surface area contributed by atoms with Crippen molar-refractivity contribution in [2.24, 2.45) is 0 Å². The van der Waals surface area contributed by atoms with Gasteiger partial charge in [-0.2, -0.15) is 0 Å². The second-order valence-electron chi connectivity index (χ2n) is 15.9. The molecule has 11 heteroatoms. The molecule has 0 spiro atoms. The number of aromatic nitrogens is 8. The number of H-pyrrole nitrogens is 2. The summed E-state index contributed by atoms with van der Waals surface area (Å²) in [7, 11) is 0. The van der Waals surface area contributed by atoms with Gasteiger partial charge in [-0.15, -0.1) is 0 Å². The van der Waals surface area contributed by atoms with E-state index in [1.807, 2.05) is 170 Å². The third kappa shape index (κ3) is 6.10. The Morgan fingerprint density at radius 3 is 1.12 bits per heavy atom. The molecule has 8 bridgehead atoms. The molecule has 5 heterocycles. The minimum atomic E-state index is -1.31. The molecule has 11 nitrogen and oxygen atoms in total. The standard InChI is InChI=1S/C53H36N8O3/c62-43(29-16-4-1-5-17-29)38-28-39-41(42(45(64)31-20-8-3-9-21-31)40(38)44(63)30-18-6-2-7-19-30)53-60-51-37-27-15-14-26-36(37)49(58-51)56-47-33-23-11-10-22-32(33)46(54-47)55-48-34-24-12-13-25-35(34)50(57-48)59-52(39)61-53/h1-28,43-45,62-64H,(H2,54,55,56,57,58,59,60,61). The van der Waals surface area contributed by atoms with E-state index in [1.165, 1.54) is 0 Å². The van der Waals surface area contributed by atoms with Crippen LogP contribution in [0, 0.1) is 0 Å². The van der Waals surface area contributed by atoms with Crippen LogP contribution in [-0.2, 0) is 0 Å². The van der Waals surface area contributed by atoms with Crippen molar-refractivity contribution in [3.05, 3.63) is 203 Å². The lowest BCUT2D eigenvalue weighted by molar-refractivity contribution is 0.185. The third-order valence-corrected chi connectivity index (χ3v) is 12.1. The summed E-state index contributed by atoms with van der Waals surface area (Å²) < 4.78 is 0. The van der Waals surface area contributed by atoms with Crippen molar-refractivity contribution < 1.29 is 15.3 Å². The zero-order valence-electron chi connectivity index (χ0n) is 33.9. The first-order valence-electron chi connectivity index (χ1n) is 21.0. The van der Waals surface area contributed by atoms with Crippen LogP contribution >= 0.6 is 0 Å². The lowest BCUT2D eigenvalue weighted by atomic mass is 9.82. The molecule has 5 N–H and O–H groups in total. The highest BCUT2D eigenvalue weighted by Crippen LogP contribution is 2.45. The second-order valence-corrected chi connectivity index (χ2v) is 15.9. The Morgan fingerprint density at radius 1 is 0.328 bits per heavy atom. The summed E-state index contributed by atoms with van der Waals surface area (Å²) in [6.45, 7) is 0. The maximum absolute atomic E-state index is 12.9. The van der Waals surface area contributed by atoms with Crippen molar-refractivity contribution >= 4 is 44.1 Å². The fourth-order valence-corrected chi connectivity index (χ4v) is 9.10. The fourth-order valence-electron chi connectivity index (χ4n) is 9.10. The molecule has 0 fully saturated rings. The van der Waals surface area contributed by atoms with Crippen LogP contribution in [-0.4, -0.2) is 55.2 Å². The molecule has 0 saturated carbocycles. The molecule has 64 heavy (non-hydrogen) atoms. The van der Waals surface area contributed by atoms with Gasteiger partial charge in [0.25, 0.3) is 0 Å². The number of aromatic amines is 2. The number of hydrogen-bond donors (Lipinski definition) is 5. The largest absolute Gasteiger partial charge is 0.384 e. The van der Waals surface area contributed by atoms with E-state index in [4.69, 9.17) is 29.9 Å². The monoisotopic (exact) mass is 832 g/mol. The Balaban J connectivity index is 1.29. The molecule has 2 aliphatic heterocycles. The summed E-state index contributed by atoms with van der Waals surface area (Å²) in [5.41, 5.74) is 7.81. The predicted octanol–water partition coefficient (Wildman–Crippen LogP) is 10.1. The van der Waals surface area contributed by atoms with E-state index in [2.05, 4.69) is 9.97 Å². The number of nitrogens with zero attached hydrogens (tertiary/aromatic N) is 6. The van der Waals surface area contributed by atoms with Crippen LogP contribution in [0.5, 0.6) is 0 Å². The van der Waals surface area contributed by atoms with Crippen LogP contribution in [0.3, 0.4) is 0 Å². The van der Waals surface area contributed by atoms with Gasteiger partial charge in [0.15, 0.2) is 23.3 Å². The first-order chi connectivity index (χ1) is 31.5. The Kier molecular flexibility index (Phi) is 8.80. The van der Waals surface area contributed by atoms with Crippen molar-refractivity contribution in [2.45, 2.75) is 18.3 Å². The molecule has 7 aromatic carbocycles. The Morgan fingerprint density at radius 2 is 0.672 bits per heavy atom. The highest BCUT2D eigenvalue weighted by molar-refractivity contribution is 6.09. The first kappa shape index (κ1) is 37.5. The second kappa shape index (κ2) is 15.0. The minimum Gasteiger partial charge on any atom is -0.384 e. The van der Waals surface area contributed by atoms with Crippen molar-refractivity contribution in [3.63, 3.8) is 0 Å². The number of aliphatic hydroxyl groups excluding tert-OH is 3. The molecule has 2 aliphatic rings. The maximum atomic E-state index is 12.9. The van der Waals surface area contributed by atoms with Crippen molar-refractivity contribution in [3.8, 4) is 45.6 Å². The van der Waals surface area contributed by atoms with Crippen molar-refractivity contribution in [1.29, 1.82) is 0 Å². The van der Waals surface area contributed by atoms with Crippen LogP contribution in [0.15, 0.2) is 170 Å². The van der Waals surface area contributed by atoms with Gasteiger partial charge in [-0.05, 0) is 33.9 Å². The van der Waals surface area contributed by atoms with Crippen molar-refractivity contribution in [2.75, 3.05) is 0 Å². The number of benzene rings is 7. The molecule has 0 aliphatic carbocycles. The molecule has 0 amide bonds. The quantitative estimate of drug-likeness (QED) is 0.109. The Bertz CT molecular complexity index is 3630. The third-order valence-electron chi connectivity index (χ3n) is 12.1. The van der Waals surface area contributed by atoms with Gasteiger partial charge in [-0.3, -0.25) is 0 Å². The highest BCUT2D eigenvalue weighted by atomic mass is 16.3. The van der Waals surface area contributed by atoms with E-state index in [-0.39, 0.29) is 0 Å². The Labute approximate surface area is 365 Å². The van der Waals surface area contributed by atoms with Crippen LogP contribution < -0.4 is 0 Å². The maximum Gasteiger partial charge on any atom is 0.164 e. The molecule has 10 aromatic rings. The van der Waals surface area contributed by atoms with Gasteiger partial charge in [0.1, 0.15) is 40.9 Å². The molecule has 3 atom stereocenters. The summed E-state index contributed by atoms with van der Waals surface area (Å²) in [4.78, 5) is 38.0. The summed E-state index contributed by atoms with van der Waals surface area (Å²) in [5.74, 6) is 1.71. The van der Waals surface area contributed by atoms with E-state index in [1.54, 1.807) is 0 Å². The van der Waals surface area contributed by atoms with Gasteiger partial charge in [0, 0.05) is 49.4 Å². The molecular formula is C53H36N8O3. The minimum absolute atomic E-state index is 0.330. The van der Waals surface area contributed by atoms with E-state index in [0.717, 1.165) is 33.0 Å². The SMILES string of the molecule is OC(c1ccccc1)c1cc2c3nc4nc(nc5[nH]c(nc6nc(nc([nH]3)c2c(C(O)c2ccccc2)c1C(O)c1ccccc1)-c1ccccc1-6)c1ccccc51)-c1ccccc1-4. The smallest absolute Gasteiger partial charge is 0.164 e. The Hall–Kier alpha value is -8.22. The number of hydrogen-bond acceptors (Lipinski definition) is 9. The number of fused-ring (bicyclic) bond motifs is 20. The average molecular weight is 833 g/mol. The highest BCUT2D eigenvalue weighted by Gasteiger charge is 2.32. The van der Waals surface area contributed by atoms with Crippen LogP contribution in [0.25, 0.3) is 89.7 Å². The average Bonchev–Trinajstić information content (AvgIpc) is 4.09. The summed E-state index contributed by atoms with van der Waals surface area (Å²) in [5, 5.41) is 40.8. The van der Waals surface area contributed by atoms with Gasteiger partial charge in [0.2, 0.25) is 0 Å². The van der Waals surface area contributed by atoms with Crippen LogP contribution in [0.4, 0.5) is 0 Å². The molecule has 12 rings (SSSR count). The predicted molar refractivity (Wildman–Crippen MR) is 248 cm³/mol. The molecule has 3 unspecified atom stereocenters. The van der Waals surface area contributed by atoms with Crippen LogP contribution in [0.2, 0.25) is 0 Å². The summed E-state index contributed by atoms with van der Waals surface area (Å²) >= 11 is 0. The van der Waals surface area contributed by atoms with E-state index < -0.39 is 18.3 Å². The molecule has 3 aromatic heterocycles. The van der Waals surface area contributed by atoms with Gasteiger partial charge in [-0.25, -0.2) is 29.9 Å². The molecule has 0 saturated heterocycles. The lowest BCUT2D eigenvalue weighted by Crippen LogP contribution is -2.15. The van der Waals surface area contributed by atoms with E-state index >= 15 is 0 Å². The molecule has 306 valence electrons. The molecule has 0 radical (unpaired) electrons. The lowest BCUT2D eigenvalue weighted by Gasteiger charge is -2.27. The van der Waals surface area contributed by atoms with Gasteiger partial charge >= 0.3 is 0 Å². The summed E-state index contributed by atoms with van der Waals surface area (Å²) in [6, 6.07) is 53.2. The fraction of sp³-hybridized carbons (Fsp3) is 0.0566. The number of rotatable bonds is 6. The van der Waals surface area contributed by atoms with Crippen molar-refractivity contribution in [1.82, 2.24) is 39.9 Å². The number of nitrogens with one attached hydrogen (secondary N) is 2. The molecular weight excluding hydrogens is 797 g/mol. The van der Waals surface area contributed by atoms with Gasteiger partial charge in [0.05, 0.1) is 0 Å². The first-order valence-corrected chi connectivity index (χ1v) is 21.0. The van der Waals surface area contributed by atoms with E-state index in [0.29, 0.717) is 90.0 Å². The zero-order chi connectivity index (χ0) is 42.9. The topological polar surface area (TPSA) is 170 Å². The van der Waals surface area contributed by atoms with E-state index in [9.17, 15) is 15.3 Å².